The van der Waals surface area contributed by atoms with Crippen molar-refractivity contribution in [3.8, 4) is 11.1 Å². The molecule has 0 bridgehead atoms. The van der Waals surface area contributed by atoms with Crippen LogP contribution in [0.4, 0.5) is 4.39 Å². The fourth-order valence-electron chi connectivity index (χ4n) is 2.80. The van der Waals surface area contributed by atoms with Crippen LogP contribution >= 0.6 is 23.2 Å². The van der Waals surface area contributed by atoms with Gasteiger partial charge >= 0.3 is 0 Å². The smallest absolute Gasteiger partial charge is 0.253 e. The summed E-state index contributed by atoms with van der Waals surface area (Å²) in [6, 6.07) is 10.3. The van der Waals surface area contributed by atoms with E-state index in [1.54, 1.807) is 12.5 Å². The van der Waals surface area contributed by atoms with Crippen molar-refractivity contribution in [2.75, 3.05) is 12.9 Å². The minimum absolute atomic E-state index is 0.573. The van der Waals surface area contributed by atoms with Crippen LogP contribution in [0.5, 0.6) is 0 Å². The third kappa shape index (κ3) is 7.01. The van der Waals surface area contributed by atoms with Gasteiger partial charge in [-0.1, -0.05) is 64.2 Å². The Morgan fingerprint density at radius 1 is 1.20 bits per heavy atom. The Hall–Kier alpha value is -1.54. The fraction of sp³-hybridized carbons (Fsp3) is 0.429. The summed E-state index contributed by atoms with van der Waals surface area (Å²) in [5.41, 5.74) is 1.97. The van der Waals surface area contributed by atoms with Crippen molar-refractivity contribution in [2.24, 2.45) is 0 Å². The molecule has 1 aromatic carbocycles. The van der Waals surface area contributed by atoms with E-state index < -0.39 is 45.9 Å². The van der Waals surface area contributed by atoms with Crippen molar-refractivity contribution < 1.29 is 13.9 Å². The number of pyridine rings is 1. The molecule has 0 aliphatic rings. The number of carbonyl (C=O) groups excluding carboxylic acids is 1. The Bertz CT molecular complexity index is 871. The van der Waals surface area contributed by atoms with E-state index >= 15 is 0 Å². The first kappa shape index (κ1) is 24.7. The maximum absolute atomic E-state index is 13.8. The van der Waals surface area contributed by atoms with Crippen LogP contribution in [0.15, 0.2) is 47.6 Å². The molecule has 0 aliphatic heterocycles. The van der Waals surface area contributed by atoms with Crippen LogP contribution in [-0.2, 0) is 20.2 Å². The highest BCUT2D eigenvalue weighted by atomic mass is 35.5. The van der Waals surface area contributed by atoms with Gasteiger partial charge in [0.1, 0.15) is 17.8 Å². The van der Waals surface area contributed by atoms with E-state index in [0.29, 0.717) is 5.56 Å². The van der Waals surface area contributed by atoms with Gasteiger partial charge in [-0.3, -0.25) is 9.57 Å². The molecular weight excluding hydrogens is 448 g/mol. The van der Waals surface area contributed by atoms with Gasteiger partial charge in [-0.15, -0.1) is 0 Å². The molecular formula is C21H26Cl2FN3O2S. The molecule has 2 rings (SSSR count). The molecule has 1 amide bonds. The number of alkyl halides is 3. The molecule has 0 radical (unpaired) electrons. The molecule has 2 aromatic rings. The minimum atomic E-state index is -1.29. The summed E-state index contributed by atoms with van der Waals surface area (Å²) in [4.78, 5) is 14.9. The first-order valence-electron chi connectivity index (χ1n) is 9.27. The van der Waals surface area contributed by atoms with Crippen molar-refractivity contribution in [1.82, 2.24) is 10.3 Å². The second-order valence-electron chi connectivity index (χ2n) is 7.74. The van der Waals surface area contributed by atoms with Gasteiger partial charge in [0.15, 0.2) is 4.84 Å². The first-order valence-corrected chi connectivity index (χ1v) is 11.8. The highest BCUT2D eigenvalue weighted by molar-refractivity contribution is 7.85. The number of halogens is 3. The van der Waals surface area contributed by atoms with Crippen LogP contribution in [0.3, 0.4) is 0 Å². The van der Waals surface area contributed by atoms with Crippen LogP contribution < -0.4 is 5.32 Å². The molecule has 1 heterocycles. The van der Waals surface area contributed by atoms with Crippen molar-refractivity contribution >= 4 is 39.8 Å². The van der Waals surface area contributed by atoms with E-state index in [2.05, 4.69) is 10.3 Å². The second kappa shape index (κ2) is 10.7. The fourth-order valence-corrected chi connectivity index (χ4v) is 3.41. The predicted molar refractivity (Wildman–Crippen MR) is 121 cm³/mol. The van der Waals surface area contributed by atoms with Gasteiger partial charge in [0, 0.05) is 11.8 Å². The summed E-state index contributed by atoms with van der Waals surface area (Å²) in [5, 5.41) is 3.25. The standard InChI is InChI=1S/C21H26Cl2FN3O2S/c1-21(2,3)29-18(16(11-24)27-20(28)19(22)23)14-7-5-13(6-8-14)15-9-10-17(26-12-15)30(4)25/h5-10,12,16,18-19,25H,11H2,1-4H3,(H,27,28)/t16-,18-,30?/m1/s1. The number of amides is 1. The Morgan fingerprint density at radius 2 is 1.80 bits per heavy atom. The molecule has 0 saturated carbocycles. The SMILES string of the molecule is CS(=N)c1ccc(-c2ccc([C@@H](OC(C)(C)C)[C@@H](CF)NC(=O)C(Cl)Cl)cc2)cn1. The van der Waals surface area contributed by atoms with E-state index in [0.717, 1.165) is 16.2 Å². The number of aromatic nitrogens is 1. The molecule has 0 spiro atoms. The average Bonchev–Trinajstić information content (AvgIpc) is 2.69. The lowest BCUT2D eigenvalue weighted by atomic mass is 9.98. The van der Waals surface area contributed by atoms with E-state index in [-0.39, 0.29) is 0 Å². The number of rotatable bonds is 8. The molecule has 30 heavy (non-hydrogen) atoms. The quantitative estimate of drug-likeness (QED) is 0.515. The number of hydrogen-bond donors (Lipinski definition) is 2. The van der Waals surface area contributed by atoms with Crippen molar-refractivity contribution in [3.05, 3.63) is 48.2 Å². The zero-order valence-electron chi connectivity index (χ0n) is 17.3. The lowest BCUT2D eigenvalue weighted by molar-refractivity contribution is -0.124. The van der Waals surface area contributed by atoms with Crippen LogP contribution in [0.25, 0.3) is 11.1 Å². The second-order valence-corrected chi connectivity index (χ2v) is 10.3. The average molecular weight is 474 g/mol. The van der Waals surface area contributed by atoms with Gasteiger partial charge in [0.2, 0.25) is 0 Å². The maximum Gasteiger partial charge on any atom is 0.253 e. The summed E-state index contributed by atoms with van der Waals surface area (Å²) in [7, 11) is -0.645. The third-order valence-corrected chi connectivity index (χ3v) is 5.43. The zero-order chi connectivity index (χ0) is 22.5. The molecule has 9 heteroatoms. The van der Waals surface area contributed by atoms with E-state index in [1.165, 1.54) is 0 Å². The third-order valence-electron chi connectivity index (χ3n) is 4.16. The predicted octanol–water partition coefficient (Wildman–Crippen LogP) is 5.23. The number of nitrogens with zero attached hydrogens (tertiary/aromatic N) is 1. The van der Waals surface area contributed by atoms with Crippen molar-refractivity contribution in [1.29, 1.82) is 4.78 Å². The minimum Gasteiger partial charge on any atom is -0.366 e. The highest BCUT2D eigenvalue weighted by Gasteiger charge is 2.31. The molecule has 3 atom stereocenters. The first-order chi connectivity index (χ1) is 14.0. The van der Waals surface area contributed by atoms with E-state index in [9.17, 15) is 9.18 Å². The molecule has 0 saturated heterocycles. The Morgan fingerprint density at radius 3 is 2.23 bits per heavy atom. The highest BCUT2D eigenvalue weighted by Crippen LogP contribution is 2.30. The van der Waals surface area contributed by atoms with Crippen LogP contribution in [0.2, 0.25) is 0 Å². The van der Waals surface area contributed by atoms with E-state index in [4.69, 9.17) is 32.7 Å². The van der Waals surface area contributed by atoms with Gasteiger partial charge in [0.25, 0.3) is 5.91 Å². The summed E-state index contributed by atoms with van der Waals surface area (Å²) >= 11 is 11.2. The van der Waals surface area contributed by atoms with Gasteiger partial charge in [-0.05, 0) is 44.2 Å². The van der Waals surface area contributed by atoms with E-state index in [1.807, 2.05) is 57.2 Å². The number of hydrogen-bond acceptors (Lipinski definition) is 4. The number of ether oxygens (including phenoxy) is 1. The maximum atomic E-state index is 13.8. The molecule has 1 unspecified atom stereocenters. The molecule has 0 fully saturated rings. The topological polar surface area (TPSA) is 75.1 Å². The molecule has 0 aliphatic carbocycles. The lowest BCUT2D eigenvalue weighted by Crippen LogP contribution is -2.45. The lowest BCUT2D eigenvalue weighted by Gasteiger charge is -2.33. The van der Waals surface area contributed by atoms with Crippen LogP contribution in [-0.4, -0.2) is 40.3 Å². The Balaban J connectivity index is 2.31. The van der Waals surface area contributed by atoms with Crippen LogP contribution in [0.1, 0.15) is 32.4 Å². The Labute approximate surface area is 189 Å². The number of nitrogens with one attached hydrogen (secondary N) is 2. The van der Waals surface area contributed by atoms with Crippen molar-refractivity contribution in [2.45, 2.75) is 48.4 Å². The molecule has 1 aromatic heterocycles. The summed E-state index contributed by atoms with van der Waals surface area (Å²) in [5.74, 6) is -0.671. The van der Waals surface area contributed by atoms with Gasteiger partial charge in [-0.25, -0.2) is 9.37 Å². The van der Waals surface area contributed by atoms with Gasteiger partial charge < -0.3 is 10.1 Å². The molecule has 2 N–H and O–H groups in total. The summed E-state index contributed by atoms with van der Waals surface area (Å²) in [6.07, 6.45) is 2.80. The number of carbonyl (C=O) groups is 1. The van der Waals surface area contributed by atoms with Gasteiger partial charge in [0.05, 0.1) is 11.6 Å². The zero-order valence-corrected chi connectivity index (χ0v) is 19.6. The molecule has 164 valence electrons. The number of benzene rings is 1. The largest absolute Gasteiger partial charge is 0.366 e. The van der Waals surface area contributed by atoms with Gasteiger partial charge in [-0.2, -0.15) is 0 Å². The van der Waals surface area contributed by atoms with Crippen LogP contribution in [0, 0.1) is 4.78 Å². The monoisotopic (exact) mass is 473 g/mol. The Kier molecular flexibility index (Phi) is 8.79. The summed E-state index contributed by atoms with van der Waals surface area (Å²) in [6.45, 7) is 4.74. The van der Waals surface area contributed by atoms with Crippen molar-refractivity contribution in [3.63, 3.8) is 0 Å². The normalized spacial score (nSPS) is 14.9. The molecule has 5 nitrogen and oxygen atoms in total. The summed E-state index contributed by atoms with van der Waals surface area (Å²) < 4.78 is 27.7.